The number of furan rings is 1. The molecule has 0 aliphatic rings. The lowest BCUT2D eigenvalue weighted by molar-refractivity contribution is 0.288. The number of hydrogen-bond donors (Lipinski definition) is 1. The fourth-order valence-electron chi connectivity index (χ4n) is 2.11. The van der Waals surface area contributed by atoms with Crippen molar-refractivity contribution in [3.8, 4) is 17.5 Å². The molecule has 7 heteroatoms. The molecule has 0 saturated carbocycles. The van der Waals surface area contributed by atoms with Gasteiger partial charge in [0.25, 0.3) is 0 Å². The predicted molar refractivity (Wildman–Crippen MR) is 78.0 cm³/mol. The summed E-state index contributed by atoms with van der Waals surface area (Å²) in [5, 5.41) is 7.77. The second-order valence-corrected chi connectivity index (χ2v) is 4.57. The predicted octanol–water partition coefficient (Wildman–Crippen LogP) is 2.59. The van der Waals surface area contributed by atoms with Crippen molar-refractivity contribution in [2.75, 3.05) is 0 Å². The summed E-state index contributed by atoms with van der Waals surface area (Å²) in [6, 6.07) is 11.3. The van der Waals surface area contributed by atoms with Crippen LogP contribution < -0.4 is 4.74 Å². The Bertz CT molecular complexity index is 896. The van der Waals surface area contributed by atoms with Gasteiger partial charge in [-0.1, -0.05) is 12.1 Å². The number of fused-ring (bicyclic) bond motifs is 1. The highest BCUT2D eigenvalue weighted by Crippen LogP contribution is 2.21. The third-order valence-corrected chi connectivity index (χ3v) is 3.13. The van der Waals surface area contributed by atoms with Gasteiger partial charge in [-0.15, -0.1) is 5.10 Å². The molecule has 0 amide bonds. The van der Waals surface area contributed by atoms with Crippen LogP contribution >= 0.6 is 0 Å². The highest BCUT2D eigenvalue weighted by atomic mass is 16.5. The largest absolute Gasteiger partial charge is 0.469 e. The Kier molecular flexibility index (Phi) is 3.01. The number of aromatic amines is 1. The van der Waals surface area contributed by atoms with E-state index in [1.807, 2.05) is 24.3 Å². The van der Waals surface area contributed by atoms with Gasteiger partial charge >= 0.3 is 0 Å². The highest BCUT2D eigenvalue weighted by molar-refractivity contribution is 5.82. The van der Waals surface area contributed by atoms with E-state index in [-0.39, 0.29) is 6.61 Å². The Labute approximate surface area is 125 Å². The van der Waals surface area contributed by atoms with Crippen molar-refractivity contribution in [1.82, 2.24) is 25.1 Å². The molecule has 0 spiro atoms. The van der Waals surface area contributed by atoms with Crippen LogP contribution in [0.15, 0.2) is 53.4 Å². The van der Waals surface area contributed by atoms with Gasteiger partial charge in [-0.25, -0.2) is 15.0 Å². The van der Waals surface area contributed by atoms with Crippen molar-refractivity contribution in [2.45, 2.75) is 6.61 Å². The molecule has 4 rings (SSSR count). The second-order valence-electron chi connectivity index (χ2n) is 4.57. The maximum Gasteiger partial charge on any atom is 0.224 e. The Morgan fingerprint density at radius 3 is 2.95 bits per heavy atom. The minimum atomic E-state index is 0.231. The van der Waals surface area contributed by atoms with Crippen LogP contribution in [0.25, 0.3) is 22.5 Å². The summed E-state index contributed by atoms with van der Waals surface area (Å²) >= 11 is 0. The zero-order valence-electron chi connectivity index (χ0n) is 11.4. The molecule has 1 aromatic carbocycles. The minimum absolute atomic E-state index is 0.231. The summed E-state index contributed by atoms with van der Waals surface area (Å²) in [6.07, 6.45) is 3.06. The quantitative estimate of drug-likeness (QED) is 0.622. The number of rotatable bonds is 4. The van der Waals surface area contributed by atoms with E-state index in [1.54, 1.807) is 18.4 Å². The van der Waals surface area contributed by atoms with Crippen molar-refractivity contribution >= 4 is 10.9 Å². The fraction of sp³-hybridized carbons (Fsp3) is 0.0667. The molecule has 0 aliphatic carbocycles. The van der Waals surface area contributed by atoms with E-state index in [0.717, 1.165) is 10.9 Å². The van der Waals surface area contributed by atoms with E-state index in [2.05, 4.69) is 25.1 Å². The number of para-hydroxylation sites is 1. The number of benzene rings is 1. The molecule has 1 N–H and O–H groups in total. The first-order valence-corrected chi connectivity index (χ1v) is 6.68. The average molecular weight is 293 g/mol. The number of nitrogens with zero attached hydrogens (tertiary/aromatic N) is 4. The van der Waals surface area contributed by atoms with Gasteiger partial charge in [0.1, 0.15) is 12.9 Å². The molecule has 7 nitrogen and oxygen atoms in total. The molecule has 108 valence electrons. The summed E-state index contributed by atoms with van der Waals surface area (Å²) < 4.78 is 11.0. The van der Waals surface area contributed by atoms with Crippen LogP contribution in [0.4, 0.5) is 0 Å². The molecule has 3 heterocycles. The summed E-state index contributed by atoms with van der Waals surface area (Å²) in [4.78, 5) is 12.7. The zero-order chi connectivity index (χ0) is 14.8. The van der Waals surface area contributed by atoms with Crippen molar-refractivity contribution in [3.05, 3.63) is 54.8 Å². The van der Waals surface area contributed by atoms with E-state index >= 15 is 0 Å². The smallest absolute Gasteiger partial charge is 0.224 e. The van der Waals surface area contributed by atoms with Gasteiger partial charge in [-0.05, 0) is 24.3 Å². The van der Waals surface area contributed by atoms with Crippen LogP contribution in [0.2, 0.25) is 0 Å². The standard InChI is InChI=1S/C15H11N5O2/c1-2-5-11-10(4-1)15(17-9-16-11)22-8-13-18-14(20-19-13)12-6-3-7-21-12/h1-7,9H,8H2,(H,18,19,20). The van der Waals surface area contributed by atoms with Crippen LogP contribution in [0, 0.1) is 0 Å². The van der Waals surface area contributed by atoms with Gasteiger partial charge in [0.15, 0.2) is 11.6 Å². The molecule has 3 aromatic heterocycles. The third kappa shape index (κ3) is 2.28. The molecule has 22 heavy (non-hydrogen) atoms. The number of ether oxygens (including phenoxy) is 1. The van der Waals surface area contributed by atoms with E-state index < -0.39 is 0 Å². The minimum Gasteiger partial charge on any atom is -0.469 e. The highest BCUT2D eigenvalue weighted by Gasteiger charge is 2.10. The Morgan fingerprint density at radius 2 is 2.05 bits per heavy atom. The van der Waals surface area contributed by atoms with Gasteiger partial charge in [-0.3, -0.25) is 5.10 Å². The molecule has 0 saturated heterocycles. The topological polar surface area (TPSA) is 89.7 Å². The van der Waals surface area contributed by atoms with Crippen LogP contribution in [-0.4, -0.2) is 25.1 Å². The van der Waals surface area contributed by atoms with E-state index in [1.165, 1.54) is 6.33 Å². The van der Waals surface area contributed by atoms with Gasteiger partial charge in [0, 0.05) is 0 Å². The first-order valence-electron chi connectivity index (χ1n) is 6.68. The molecule has 4 aromatic rings. The molecule has 0 fully saturated rings. The fourth-order valence-corrected chi connectivity index (χ4v) is 2.11. The Morgan fingerprint density at radius 1 is 1.09 bits per heavy atom. The number of hydrogen-bond acceptors (Lipinski definition) is 6. The van der Waals surface area contributed by atoms with Crippen LogP contribution in [0.3, 0.4) is 0 Å². The van der Waals surface area contributed by atoms with E-state index in [4.69, 9.17) is 9.15 Å². The van der Waals surface area contributed by atoms with Crippen molar-refractivity contribution in [3.63, 3.8) is 0 Å². The molecule has 0 unspecified atom stereocenters. The first-order chi connectivity index (χ1) is 10.9. The van der Waals surface area contributed by atoms with Gasteiger partial charge in [0.05, 0.1) is 17.2 Å². The number of H-pyrrole nitrogens is 1. The van der Waals surface area contributed by atoms with Crippen molar-refractivity contribution in [2.24, 2.45) is 0 Å². The maximum absolute atomic E-state index is 5.72. The summed E-state index contributed by atoms with van der Waals surface area (Å²) in [7, 11) is 0. The summed E-state index contributed by atoms with van der Waals surface area (Å²) in [5.41, 5.74) is 0.835. The van der Waals surface area contributed by atoms with Gasteiger partial charge < -0.3 is 9.15 Å². The van der Waals surface area contributed by atoms with E-state index in [9.17, 15) is 0 Å². The van der Waals surface area contributed by atoms with Crippen molar-refractivity contribution < 1.29 is 9.15 Å². The van der Waals surface area contributed by atoms with Crippen molar-refractivity contribution in [1.29, 1.82) is 0 Å². The SMILES string of the molecule is c1coc(-c2n[nH]c(COc3ncnc4ccccc34)n2)c1. The lowest BCUT2D eigenvalue weighted by Crippen LogP contribution is -2.00. The number of nitrogens with one attached hydrogen (secondary N) is 1. The zero-order valence-corrected chi connectivity index (χ0v) is 11.4. The maximum atomic E-state index is 5.72. The Hall–Kier alpha value is -3.22. The molecular weight excluding hydrogens is 282 g/mol. The molecule has 0 atom stereocenters. The molecule has 0 bridgehead atoms. The van der Waals surface area contributed by atoms with Crippen LogP contribution in [-0.2, 0) is 6.61 Å². The third-order valence-electron chi connectivity index (χ3n) is 3.13. The second kappa shape index (κ2) is 5.28. The summed E-state index contributed by atoms with van der Waals surface area (Å²) in [6.45, 7) is 0.231. The van der Waals surface area contributed by atoms with Gasteiger partial charge in [0.2, 0.25) is 11.7 Å². The lowest BCUT2D eigenvalue weighted by Gasteiger charge is -2.05. The Balaban J connectivity index is 1.55. The summed E-state index contributed by atoms with van der Waals surface area (Å²) in [5.74, 6) is 2.21. The normalized spacial score (nSPS) is 10.9. The molecule has 0 radical (unpaired) electrons. The monoisotopic (exact) mass is 293 g/mol. The van der Waals surface area contributed by atoms with Crippen LogP contribution in [0.1, 0.15) is 5.82 Å². The van der Waals surface area contributed by atoms with Gasteiger partial charge in [-0.2, -0.15) is 0 Å². The molecular formula is C15H11N5O2. The van der Waals surface area contributed by atoms with Crippen LogP contribution in [0.5, 0.6) is 5.88 Å². The number of aromatic nitrogens is 5. The lowest BCUT2D eigenvalue weighted by atomic mass is 10.2. The molecule has 0 aliphatic heterocycles. The first kappa shape index (κ1) is 12.5. The van der Waals surface area contributed by atoms with E-state index in [0.29, 0.717) is 23.3 Å². The average Bonchev–Trinajstić information content (AvgIpc) is 3.24.